The molecule has 2 fully saturated rings. The molecule has 0 radical (unpaired) electrons. The predicted octanol–water partition coefficient (Wildman–Crippen LogP) is 3.51. The predicted molar refractivity (Wildman–Crippen MR) is 99.7 cm³/mol. The quantitative estimate of drug-likeness (QED) is 0.825. The lowest BCUT2D eigenvalue weighted by atomic mass is 9.84. The highest BCUT2D eigenvalue weighted by atomic mass is 19.1. The van der Waals surface area contributed by atoms with Crippen molar-refractivity contribution in [2.45, 2.75) is 57.7 Å². The molecule has 7 heteroatoms. The molecule has 0 spiro atoms. The summed E-state index contributed by atoms with van der Waals surface area (Å²) in [6, 6.07) is 5.81. The van der Waals surface area contributed by atoms with Gasteiger partial charge in [-0.05, 0) is 30.5 Å². The van der Waals surface area contributed by atoms with E-state index in [1.807, 2.05) is 0 Å². The van der Waals surface area contributed by atoms with Gasteiger partial charge in [0, 0.05) is 26.2 Å². The van der Waals surface area contributed by atoms with Gasteiger partial charge in [0.25, 0.3) is 0 Å². The molecule has 0 saturated carbocycles. The van der Waals surface area contributed by atoms with Crippen LogP contribution in [-0.2, 0) is 11.3 Å². The first-order valence-electron chi connectivity index (χ1n) is 9.76. The summed E-state index contributed by atoms with van der Waals surface area (Å²) in [5.74, 6) is -0.296. The van der Waals surface area contributed by atoms with Crippen molar-refractivity contribution in [3.8, 4) is 0 Å². The fourth-order valence-electron chi connectivity index (χ4n) is 4.24. The van der Waals surface area contributed by atoms with Gasteiger partial charge in [0.2, 0.25) is 0 Å². The summed E-state index contributed by atoms with van der Waals surface area (Å²) in [6.07, 6.45) is 3.20. The Balaban J connectivity index is 1.65. The van der Waals surface area contributed by atoms with Crippen molar-refractivity contribution in [3.05, 3.63) is 35.6 Å². The van der Waals surface area contributed by atoms with Gasteiger partial charge >= 0.3 is 12.1 Å². The Morgan fingerprint density at radius 1 is 1.22 bits per heavy atom. The van der Waals surface area contributed by atoms with Crippen molar-refractivity contribution in [2.24, 2.45) is 0 Å². The van der Waals surface area contributed by atoms with Gasteiger partial charge in [0.05, 0.1) is 6.04 Å². The molecule has 0 aliphatic carbocycles. The van der Waals surface area contributed by atoms with Gasteiger partial charge in [-0.2, -0.15) is 0 Å². The van der Waals surface area contributed by atoms with Crippen LogP contribution in [0.1, 0.15) is 45.1 Å². The smallest absolute Gasteiger partial charge is 0.410 e. The lowest BCUT2D eigenvalue weighted by Crippen LogP contribution is -2.60. The number of benzene rings is 1. The van der Waals surface area contributed by atoms with Gasteiger partial charge < -0.3 is 15.0 Å². The van der Waals surface area contributed by atoms with Crippen LogP contribution in [0.2, 0.25) is 0 Å². The van der Waals surface area contributed by atoms with E-state index in [1.165, 1.54) is 12.1 Å². The molecule has 2 aliphatic rings. The number of amides is 3. The molecule has 2 heterocycles. The molecule has 3 amide bonds. The summed E-state index contributed by atoms with van der Waals surface area (Å²) in [6.45, 7) is 5.96. The molecule has 27 heavy (non-hydrogen) atoms. The highest BCUT2D eigenvalue weighted by Crippen LogP contribution is 2.39. The number of carbonyl (C=O) groups is 2. The molecule has 1 aromatic carbocycles. The summed E-state index contributed by atoms with van der Waals surface area (Å²) in [5.41, 5.74) is 0.338. The van der Waals surface area contributed by atoms with Gasteiger partial charge in [0.1, 0.15) is 11.4 Å². The van der Waals surface area contributed by atoms with Crippen LogP contribution < -0.4 is 5.32 Å². The average Bonchev–Trinajstić information content (AvgIpc) is 2.93. The second-order valence-electron chi connectivity index (χ2n) is 7.37. The van der Waals surface area contributed by atoms with E-state index < -0.39 is 5.60 Å². The molecule has 1 unspecified atom stereocenters. The van der Waals surface area contributed by atoms with E-state index in [0.29, 0.717) is 26.2 Å². The van der Waals surface area contributed by atoms with Crippen molar-refractivity contribution in [1.82, 2.24) is 15.1 Å². The molecule has 1 N–H and O–H groups in total. The second-order valence-corrected chi connectivity index (χ2v) is 7.37. The van der Waals surface area contributed by atoms with Crippen molar-refractivity contribution in [1.29, 1.82) is 0 Å². The van der Waals surface area contributed by atoms with Crippen LogP contribution in [0.15, 0.2) is 24.3 Å². The minimum Gasteiger partial charge on any atom is -0.441 e. The topological polar surface area (TPSA) is 61.9 Å². The maximum Gasteiger partial charge on any atom is 0.410 e. The normalized spacial score (nSPS) is 21.0. The third-order valence-electron chi connectivity index (χ3n) is 5.50. The van der Waals surface area contributed by atoms with Crippen molar-refractivity contribution in [2.75, 3.05) is 19.6 Å². The zero-order chi connectivity index (χ0) is 19.4. The number of halogens is 1. The molecule has 1 atom stereocenters. The number of carbonyl (C=O) groups excluding carboxylic acids is 2. The number of ether oxygens (including phenoxy) is 1. The number of piperazine rings is 1. The Morgan fingerprint density at radius 2 is 1.89 bits per heavy atom. The Morgan fingerprint density at radius 3 is 2.52 bits per heavy atom. The van der Waals surface area contributed by atoms with Gasteiger partial charge in [0.15, 0.2) is 0 Å². The molecular weight excluding hydrogens is 349 g/mol. The molecule has 148 valence electrons. The standard InChI is InChI=1S/C20H28FN3O3/c1-3-9-20(10-4-2)17-14-23(11-12-24(17)19(26)27-20)18(25)22-13-15-5-7-16(21)8-6-15/h5-8,17H,3-4,9-14H2,1-2H3,(H,22,25). The van der Waals surface area contributed by atoms with Gasteiger partial charge in [-0.1, -0.05) is 38.8 Å². The third kappa shape index (κ3) is 4.01. The average molecular weight is 377 g/mol. The monoisotopic (exact) mass is 377 g/mol. The molecular formula is C20H28FN3O3. The van der Waals surface area contributed by atoms with Crippen LogP contribution in [0.3, 0.4) is 0 Å². The minimum absolute atomic E-state index is 0.102. The molecule has 2 aliphatic heterocycles. The second kappa shape index (κ2) is 8.15. The third-order valence-corrected chi connectivity index (χ3v) is 5.50. The summed E-state index contributed by atoms with van der Waals surface area (Å²) in [4.78, 5) is 28.5. The minimum atomic E-state index is -0.503. The lowest BCUT2D eigenvalue weighted by molar-refractivity contribution is 0.00431. The number of hydrogen-bond donors (Lipinski definition) is 1. The van der Waals surface area contributed by atoms with Crippen LogP contribution in [-0.4, -0.2) is 53.2 Å². The maximum absolute atomic E-state index is 13.0. The zero-order valence-electron chi connectivity index (χ0n) is 16.0. The zero-order valence-corrected chi connectivity index (χ0v) is 16.0. The Hall–Kier alpha value is -2.31. The van der Waals surface area contributed by atoms with Crippen LogP contribution in [0.5, 0.6) is 0 Å². The highest BCUT2D eigenvalue weighted by Gasteiger charge is 2.54. The highest BCUT2D eigenvalue weighted by molar-refractivity contribution is 5.76. The number of nitrogens with one attached hydrogen (secondary N) is 1. The van der Waals surface area contributed by atoms with E-state index >= 15 is 0 Å². The molecule has 0 bridgehead atoms. The summed E-state index contributed by atoms with van der Waals surface area (Å²) >= 11 is 0. The molecule has 1 aromatic rings. The number of cyclic esters (lactones) is 1. The number of nitrogens with zero attached hydrogens (tertiary/aromatic N) is 2. The van der Waals surface area contributed by atoms with Crippen molar-refractivity contribution in [3.63, 3.8) is 0 Å². The van der Waals surface area contributed by atoms with Crippen LogP contribution in [0.4, 0.5) is 14.0 Å². The SMILES string of the molecule is CCCC1(CCC)OC(=O)N2CCN(C(=O)NCc3ccc(F)cc3)CC21. The van der Waals surface area contributed by atoms with E-state index in [2.05, 4.69) is 19.2 Å². The molecule has 6 nitrogen and oxygen atoms in total. The van der Waals surface area contributed by atoms with Crippen molar-refractivity contribution >= 4 is 12.1 Å². The van der Waals surface area contributed by atoms with Crippen LogP contribution in [0, 0.1) is 5.82 Å². The van der Waals surface area contributed by atoms with Gasteiger partial charge in [-0.3, -0.25) is 4.90 Å². The van der Waals surface area contributed by atoms with E-state index in [-0.39, 0.29) is 24.0 Å². The number of rotatable bonds is 6. The van der Waals surface area contributed by atoms with Gasteiger partial charge in [-0.25, -0.2) is 14.0 Å². The van der Waals surface area contributed by atoms with E-state index in [4.69, 9.17) is 4.74 Å². The number of hydrogen-bond acceptors (Lipinski definition) is 3. The molecule has 2 saturated heterocycles. The Bertz CT molecular complexity index is 674. The van der Waals surface area contributed by atoms with E-state index in [1.54, 1.807) is 21.9 Å². The first kappa shape index (κ1) is 19.5. The number of urea groups is 1. The largest absolute Gasteiger partial charge is 0.441 e. The maximum atomic E-state index is 13.0. The fraction of sp³-hybridized carbons (Fsp3) is 0.600. The van der Waals surface area contributed by atoms with Gasteiger partial charge in [-0.15, -0.1) is 0 Å². The summed E-state index contributed by atoms with van der Waals surface area (Å²) in [5, 5.41) is 2.89. The van der Waals surface area contributed by atoms with E-state index in [0.717, 1.165) is 31.2 Å². The fourth-order valence-corrected chi connectivity index (χ4v) is 4.24. The first-order chi connectivity index (χ1) is 13.0. The van der Waals surface area contributed by atoms with Crippen molar-refractivity contribution < 1.29 is 18.7 Å². The number of fused-ring (bicyclic) bond motifs is 1. The molecule has 3 rings (SSSR count). The van der Waals surface area contributed by atoms with E-state index in [9.17, 15) is 14.0 Å². The van der Waals surface area contributed by atoms with Crippen LogP contribution in [0.25, 0.3) is 0 Å². The lowest BCUT2D eigenvalue weighted by Gasteiger charge is -2.41. The summed E-state index contributed by atoms with van der Waals surface area (Å²) < 4.78 is 18.8. The Kier molecular flexibility index (Phi) is 5.87. The van der Waals surface area contributed by atoms with Crippen LogP contribution >= 0.6 is 0 Å². The summed E-state index contributed by atoms with van der Waals surface area (Å²) in [7, 11) is 0. The first-order valence-corrected chi connectivity index (χ1v) is 9.76. The Labute approximate surface area is 159 Å². The molecule has 0 aromatic heterocycles.